The van der Waals surface area contributed by atoms with E-state index in [1.807, 2.05) is 12.3 Å². The lowest BCUT2D eigenvalue weighted by Gasteiger charge is -2.20. The zero-order valence-electron chi connectivity index (χ0n) is 14.1. The van der Waals surface area contributed by atoms with Crippen LogP contribution >= 0.6 is 11.6 Å². The summed E-state index contributed by atoms with van der Waals surface area (Å²) in [7, 11) is 0. The van der Waals surface area contributed by atoms with E-state index in [4.69, 9.17) is 11.6 Å². The smallest absolute Gasteiger partial charge is 0.0435 e. The lowest BCUT2D eigenvalue weighted by Crippen LogP contribution is -2.01. The van der Waals surface area contributed by atoms with Crippen molar-refractivity contribution in [1.82, 2.24) is 4.98 Å². The third-order valence-corrected chi connectivity index (χ3v) is 4.50. The van der Waals surface area contributed by atoms with Gasteiger partial charge in [0.2, 0.25) is 0 Å². The van der Waals surface area contributed by atoms with E-state index < -0.39 is 0 Å². The maximum atomic E-state index is 6.28. The first-order valence-corrected chi connectivity index (χ1v) is 8.70. The average molecular weight is 316 g/mol. The third kappa shape index (κ3) is 3.89. The highest BCUT2D eigenvalue weighted by molar-refractivity contribution is 6.30. The maximum absolute atomic E-state index is 6.28. The van der Waals surface area contributed by atoms with Gasteiger partial charge in [0.25, 0.3) is 0 Å². The van der Waals surface area contributed by atoms with Gasteiger partial charge in [-0.05, 0) is 65.6 Å². The number of hydrogen-bond donors (Lipinski definition) is 0. The van der Waals surface area contributed by atoms with Gasteiger partial charge in [-0.2, -0.15) is 0 Å². The van der Waals surface area contributed by atoms with E-state index in [-0.39, 0.29) is 0 Å². The van der Waals surface area contributed by atoms with Gasteiger partial charge in [-0.3, -0.25) is 4.98 Å². The van der Waals surface area contributed by atoms with Crippen LogP contribution in [0.4, 0.5) is 0 Å². The van der Waals surface area contributed by atoms with Crippen LogP contribution < -0.4 is 0 Å². The Morgan fingerprint density at radius 2 is 1.86 bits per heavy atom. The van der Waals surface area contributed by atoms with Crippen molar-refractivity contribution in [3.8, 4) is 11.1 Å². The van der Waals surface area contributed by atoms with Crippen molar-refractivity contribution in [2.45, 2.75) is 58.8 Å². The first-order valence-electron chi connectivity index (χ1n) is 8.32. The Hall–Kier alpha value is -1.34. The molecule has 2 rings (SSSR count). The van der Waals surface area contributed by atoms with Crippen molar-refractivity contribution in [3.05, 3.63) is 52.8 Å². The molecule has 0 N–H and O–H groups in total. The molecule has 22 heavy (non-hydrogen) atoms. The van der Waals surface area contributed by atoms with Crippen LogP contribution in [-0.4, -0.2) is 4.98 Å². The number of hydrogen-bond acceptors (Lipinski definition) is 1. The molecule has 0 bridgehead atoms. The number of pyridine rings is 1. The highest BCUT2D eigenvalue weighted by Crippen LogP contribution is 2.36. The fourth-order valence-electron chi connectivity index (χ4n) is 2.99. The SMILES string of the molecule is CCCC(CC)c1ccc(Cl)cc1-c1ccnc(C(C)C)c1. The second-order valence-electron chi connectivity index (χ2n) is 6.25. The summed E-state index contributed by atoms with van der Waals surface area (Å²) in [6, 6.07) is 10.6. The summed E-state index contributed by atoms with van der Waals surface area (Å²) in [5, 5.41) is 0.799. The first-order chi connectivity index (χ1) is 10.6. The molecule has 0 aliphatic rings. The van der Waals surface area contributed by atoms with Crippen LogP contribution in [-0.2, 0) is 0 Å². The molecular formula is C20H26ClN. The normalized spacial score (nSPS) is 12.6. The van der Waals surface area contributed by atoms with Gasteiger partial charge in [-0.25, -0.2) is 0 Å². The van der Waals surface area contributed by atoms with Crippen LogP contribution in [0.3, 0.4) is 0 Å². The van der Waals surface area contributed by atoms with Crippen LogP contribution in [0, 0.1) is 0 Å². The van der Waals surface area contributed by atoms with Crippen molar-refractivity contribution in [3.63, 3.8) is 0 Å². The van der Waals surface area contributed by atoms with Crippen LogP contribution in [0.25, 0.3) is 11.1 Å². The summed E-state index contributed by atoms with van der Waals surface area (Å²) in [5.74, 6) is 1.02. The second-order valence-corrected chi connectivity index (χ2v) is 6.69. The summed E-state index contributed by atoms with van der Waals surface area (Å²) in [4.78, 5) is 4.48. The molecule has 0 saturated carbocycles. The first kappa shape index (κ1) is 17.0. The van der Waals surface area contributed by atoms with Crippen molar-refractivity contribution in [2.75, 3.05) is 0 Å². The van der Waals surface area contributed by atoms with Crippen molar-refractivity contribution >= 4 is 11.6 Å². The Labute approximate surface area is 139 Å². The molecule has 2 heteroatoms. The van der Waals surface area contributed by atoms with Crippen LogP contribution in [0.2, 0.25) is 5.02 Å². The fourth-order valence-corrected chi connectivity index (χ4v) is 3.17. The van der Waals surface area contributed by atoms with Gasteiger partial charge in [0.15, 0.2) is 0 Å². The van der Waals surface area contributed by atoms with E-state index in [1.165, 1.54) is 29.5 Å². The Balaban J connectivity index is 2.53. The number of aromatic nitrogens is 1. The summed E-state index contributed by atoms with van der Waals surface area (Å²) in [6.45, 7) is 8.88. The lowest BCUT2D eigenvalue weighted by atomic mass is 9.86. The van der Waals surface area contributed by atoms with Crippen molar-refractivity contribution in [2.24, 2.45) is 0 Å². The topological polar surface area (TPSA) is 12.9 Å². The van der Waals surface area contributed by atoms with E-state index in [9.17, 15) is 0 Å². The minimum atomic E-state index is 0.431. The van der Waals surface area contributed by atoms with Crippen molar-refractivity contribution < 1.29 is 0 Å². The van der Waals surface area contributed by atoms with E-state index in [2.05, 4.69) is 56.9 Å². The molecule has 0 spiro atoms. The van der Waals surface area contributed by atoms with Crippen molar-refractivity contribution in [1.29, 1.82) is 0 Å². The summed E-state index contributed by atoms with van der Waals surface area (Å²) >= 11 is 6.28. The molecule has 0 aliphatic carbocycles. The van der Waals surface area contributed by atoms with Gasteiger partial charge < -0.3 is 0 Å². The standard InChI is InChI=1S/C20H26ClN/c1-5-7-15(6-2)18-9-8-17(21)13-19(18)16-10-11-22-20(12-16)14(3)4/h8-15H,5-7H2,1-4H3. The fraction of sp³-hybridized carbons (Fsp3) is 0.450. The van der Waals surface area contributed by atoms with Gasteiger partial charge in [-0.15, -0.1) is 0 Å². The Morgan fingerprint density at radius 1 is 1.09 bits per heavy atom. The van der Waals surface area contributed by atoms with E-state index in [1.54, 1.807) is 0 Å². The molecule has 1 aromatic heterocycles. The monoisotopic (exact) mass is 315 g/mol. The molecular weight excluding hydrogens is 290 g/mol. The lowest BCUT2D eigenvalue weighted by molar-refractivity contribution is 0.597. The molecule has 0 fully saturated rings. The number of rotatable bonds is 6. The Kier molecular flexibility index (Phi) is 6.02. The molecule has 0 radical (unpaired) electrons. The van der Waals surface area contributed by atoms with Gasteiger partial charge in [0.05, 0.1) is 0 Å². The zero-order valence-corrected chi connectivity index (χ0v) is 14.8. The van der Waals surface area contributed by atoms with Crippen LogP contribution in [0.15, 0.2) is 36.5 Å². The van der Waals surface area contributed by atoms with E-state index in [0.717, 1.165) is 17.1 Å². The number of halogens is 1. The Morgan fingerprint density at radius 3 is 2.50 bits per heavy atom. The van der Waals surface area contributed by atoms with Crippen LogP contribution in [0.5, 0.6) is 0 Å². The predicted molar refractivity (Wildman–Crippen MR) is 96.7 cm³/mol. The molecule has 1 unspecified atom stereocenters. The predicted octanol–water partition coefficient (Wildman–Crippen LogP) is 6.82. The third-order valence-electron chi connectivity index (χ3n) is 4.27. The van der Waals surface area contributed by atoms with Gasteiger partial charge in [-0.1, -0.05) is 51.8 Å². The molecule has 2 aromatic rings. The largest absolute Gasteiger partial charge is 0.261 e. The second kappa shape index (κ2) is 7.78. The molecule has 0 amide bonds. The highest BCUT2D eigenvalue weighted by atomic mass is 35.5. The summed E-state index contributed by atoms with van der Waals surface area (Å²) in [5.41, 5.74) is 5.03. The molecule has 1 atom stereocenters. The minimum Gasteiger partial charge on any atom is -0.261 e. The molecule has 118 valence electrons. The summed E-state index contributed by atoms with van der Waals surface area (Å²) in [6.07, 6.45) is 5.49. The van der Waals surface area contributed by atoms with Crippen LogP contribution in [0.1, 0.15) is 70.1 Å². The highest BCUT2D eigenvalue weighted by Gasteiger charge is 2.15. The van der Waals surface area contributed by atoms with E-state index >= 15 is 0 Å². The van der Waals surface area contributed by atoms with Gasteiger partial charge in [0, 0.05) is 16.9 Å². The quantitative estimate of drug-likeness (QED) is 0.570. The molecule has 1 aromatic carbocycles. The zero-order chi connectivity index (χ0) is 16.1. The molecule has 0 aliphatic heterocycles. The number of benzene rings is 1. The Bertz CT molecular complexity index is 619. The summed E-state index contributed by atoms with van der Waals surface area (Å²) < 4.78 is 0. The molecule has 0 saturated heterocycles. The van der Waals surface area contributed by atoms with Gasteiger partial charge >= 0.3 is 0 Å². The molecule has 1 heterocycles. The average Bonchev–Trinajstić information content (AvgIpc) is 2.53. The van der Waals surface area contributed by atoms with Gasteiger partial charge in [0.1, 0.15) is 0 Å². The van der Waals surface area contributed by atoms with E-state index in [0.29, 0.717) is 11.8 Å². The maximum Gasteiger partial charge on any atom is 0.0435 e. The molecule has 1 nitrogen and oxygen atoms in total. The number of nitrogens with zero attached hydrogens (tertiary/aromatic N) is 1. The minimum absolute atomic E-state index is 0.431.